The van der Waals surface area contributed by atoms with Crippen molar-refractivity contribution in [2.45, 2.75) is 25.4 Å². The highest BCUT2D eigenvalue weighted by atomic mass is 19.1. The third kappa shape index (κ3) is 6.14. The molecule has 7 rings (SSSR count). The molecule has 0 unspecified atom stereocenters. The first kappa shape index (κ1) is 30.4. The molecule has 4 aromatic carbocycles. The first-order valence-corrected chi connectivity index (χ1v) is 14.8. The van der Waals surface area contributed by atoms with E-state index in [0.717, 1.165) is 22.1 Å². The van der Waals surface area contributed by atoms with Crippen LogP contribution in [-0.4, -0.2) is 42.6 Å². The maximum Gasteiger partial charge on any atom is 0.411 e. The van der Waals surface area contributed by atoms with Crippen LogP contribution in [0.15, 0.2) is 95.9 Å². The molecule has 2 aliphatic heterocycles. The van der Waals surface area contributed by atoms with Gasteiger partial charge in [0.15, 0.2) is 0 Å². The standard InChI is InChI=1S/C36H33FN4O5/c1-21-20-46-36(44)40-25-11-12-27(22-7-5-4-6-8-22)24(15-25)19-41(2)35(43)33(30-18-32(45-3)28(21)17-31(30)37)39-26-10-9-23-13-14-38-34(42)29(23)16-26/h4-18,21,33,39H,19-20H2,1-3H3,(H,38,42)(H,40,44)/t21-,33+/m0/s1. The molecule has 0 radical (unpaired) electrons. The number of carbonyl (C=O) groups is 2. The van der Waals surface area contributed by atoms with Crippen LogP contribution in [0.3, 0.4) is 0 Å². The maximum absolute atomic E-state index is 16.1. The van der Waals surface area contributed by atoms with E-state index in [0.29, 0.717) is 28.1 Å². The summed E-state index contributed by atoms with van der Waals surface area (Å²) in [5.41, 5.74) is 3.78. The molecule has 234 valence electrons. The fourth-order valence-corrected chi connectivity index (χ4v) is 5.78. The normalized spacial score (nSPS) is 17.0. The molecule has 0 saturated heterocycles. The van der Waals surface area contributed by atoms with E-state index in [-0.39, 0.29) is 24.3 Å². The Morgan fingerprint density at radius 3 is 2.54 bits per heavy atom. The van der Waals surface area contributed by atoms with Crippen LogP contribution >= 0.6 is 0 Å². The van der Waals surface area contributed by atoms with E-state index in [1.807, 2.05) is 36.4 Å². The smallest absolute Gasteiger partial charge is 0.411 e. The molecule has 4 bridgehead atoms. The van der Waals surface area contributed by atoms with Crippen LogP contribution in [0, 0.1) is 5.82 Å². The number of fused-ring (bicyclic) bond motifs is 10. The zero-order valence-corrected chi connectivity index (χ0v) is 25.6. The number of likely N-dealkylation sites (N-methyl/N-ethyl adjacent to an activating group) is 1. The molecule has 0 spiro atoms. The zero-order chi connectivity index (χ0) is 32.4. The number of hydrogen-bond acceptors (Lipinski definition) is 6. The predicted octanol–water partition coefficient (Wildman–Crippen LogP) is 6.82. The molecule has 1 aromatic heterocycles. The van der Waals surface area contributed by atoms with Gasteiger partial charge in [0.25, 0.3) is 5.56 Å². The second-order valence-corrected chi connectivity index (χ2v) is 11.4. The number of ether oxygens (including phenoxy) is 2. The molecule has 2 aliphatic rings. The summed E-state index contributed by atoms with van der Waals surface area (Å²) < 4.78 is 27.3. The number of rotatable bonds is 4. The largest absolute Gasteiger partial charge is 0.496 e. The number of H-pyrrole nitrogens is 1. The summed E-state index contributed by atoms with van der Waals surface area (Å²) >= 11 is 0. The quantitative estimate of drug-likeness (QED) is 0.203. The minimum absolute atomic E-state index is 0.0368. The molecule has 0 saturated carbocycles. The Labute approximate surface area is 265 Å². The van der Waals surface area contributed by atoms with Gasteiger partial charge in [0.2, 0.25) is 5.91 Å². The van der Waals surface area contributed by atoms with Crippen LogP contribution in [0.4, 0.5) is 20.6 Å². The summed E-state index contributed by atoms with van der Waals surface area (Å²) in [7, 11) is 3.10. The SMILES string of the molecule is COc1cc2c(F)cc1[C@@H](C)COC(=O)Nc1ccc(-c3ccccc3)c(c1)CN(C)C(=O)[C@@H]2Nc1ccc2cc[nH]c(=O)c2c1. The average molecular weight is 621 g/mol. The fourth-order valence-electron chi connectivity index (χ4n) is 5.78. The lowest BCUT2D eigenvalue weighted by Crippen LogP contribution is -2.35. The van der Waals surface area contributed by atoms with Crippen molar-refractivity contribution in [1.82, 2.24) is 9.88 Å². The average Bonchev–Trinajstić information content (AvgIpc) is 3.06. The Morgan fingerprint density at radius 2 is 1.76 bits per heavy atom. The van der Waals surface area contributed by atoms with Crippen molar-refractivity contribution in [2.75, 3.05) is 31.4 Å². The Hall–Kier alpha value is -5.64. The van der Waals surface area contributed by atoms with Crippen molar-refractivity contribution in [1.29, 1.82) is 0 Å². The van der Waals surface area contributed by atoms with Gasteiger partial charge in [0.05, 0.1) is 13.7 Å². The lowest BCUT2D eigenvalue weighted by atomic mass is 9.95. The van der Waals surface area contributed by atoms with Crippen molar-refractivity contribution in [3.8, 4) is 16.9 Å². The molecule has 3 N–H and O–H groups in total. The molecule has 2 atom stereocenters. The molecular weight excluding hydrogens is 587 g/mol. The van der Waals surface area contributed by atoms with Gasteiger partial charge in [-0.2, -0.15) is 0 Å². The molecule has 0 aliphatic carbocycles. The monoisotopic (exact) mass is 620 g/mol. The molecule has 10 heteroatoms. The van der Waals surface area contributed by atoms with Crippen LogP contribution in [0.25, 0.3) is 21.9 Å². The Balaban J connectivity index is 1.48. The number of carbonyl (C=O) groups excluding carboxylic acids is 2. The number of amides is 2. The van der Waals surface area contributed by atoms with Crippen LogP contribution in [-0.2, 0) is 16.1 Å². The topological polar surface area (TPSA) is 113 Å². The summed E-state index contributed by atoms with van der Waals surface area (Å²) in [6, 6.07) is 23.7. The van der Waals surface area contributed by atoms with Gasteiger partial charge in [0, 0.05) is 53.6 Å². The first-order chi connectivity index (χ1) is 22.2. The second-order valence-electron chi connectivity index (χ2n) is 11.4. The van der Waals surface area contributed by atoms with E-state index >= 15 is 4.39 Å². The van der Waals surface area contributed by atoms with E-state index in [1.54, 1.807) is 56.6 Å². The maximum atomic E-state index is 16.1. The number of pyridine rings is 1. The van der Waals surface area contributed by atoms with Crippen molar-refractivity contribution in [3.05, 3.63) is 124 Å². The summed E-state index contributed by atoms with van der Waals surface area (Å²) in [6.45, 7) is 1.89. The molecule has 9 nitrogen and oxygen atoms in total. The second kappa shape index (κ2) is 12.8. The third-order valence-electron chi connectivity index (χ3n) is 8.21. The van der Waals surface area contributed by atoms with Crippen molar-refractivity contribution in [2.24, 2.45) is 0 Å². The zero-order valence-electron chi connectivity index (χ0n) is 25.6. The van der Waals surface area contributed by atoms with Crippen molar-refractivity contribution < 1.29 is 23.5 Å². The van der Waals surface area contributed by atoms with E-state index < -0.39 is 29.8 Å². The Bertz CT molecular complexity index is 1990. The fraction of sp³-hybridized carbons (Fsp3) is 0.194. The summed E-state index contributed by atoms with van der Waals surface area (Å²) in [5, 5.41) is 7.13. The number of methoxy groups -OCH3 is 1. The van der Waals surface area contributed by atoms with Gasteiger partial charge in [0.1, 0.15) is 17.6 Å². The first-order valence-electron chi connectivity index (χ1n) is 14.8. The van der Waals surface area contributed by atoms with Gasteiger partial charge in [-0.3, -0.25) is 14.9 Å². The number of anilines is 2. The van der Waals surface area contributed by atoms with E-state index in [1.165, 1.54) is 24.1 Å². The summed E-state index contributed by atoms with van der Waals surface area (Å²) in [5.74, 6) is -1.14. The highest BCUT2D eigenvalue weighted by Gasteiger charge is 2.30. The van der Waals surface area contributed by atoms with Crippen molar-refractivity contribution in [3.63, 3.8) is 0 Å². The van der Waals surface area contributed by atoms with Crippen LogP contribution in [0.5, 0.6) is 5.75 Å². The Morgan fingerprint density at radius 1 is 0.957 bits per heavy atom. The lowest BCUT2D eigenvalue weighted by Gasteiger charge is -2.28. The predicted molar refractivity (Wildman–Crippen MR) is 176 cm³/mol. The van der Waals surface area contributed by atoms with Gasteiger partial charge in [-0.05, 0) is 64.5 Å². The van der Waals surface area contributed by atoms with Gasteiger partial charge in [-0.1, -0.05) is 49.4 Å². The van der Waals surface area contributed by atoms with Crippen LogP contribution < -0.4 is 20.9 Å². The molecule has 46 heavy (non-hydrogen) atoms. The minimum atomic E-state index is -1.18. The molecule has 0 fully saturated rings. The van der Waals surface area contributed by atoms with E-state index in [4.69, 9.17) is 9.47 Å². The molecule has 2 amide bonds. The number of hydrogen-bond donors (Lipinski definition) is 3. The van der Waals surface area contributed by atoms with E-state index in [9.17, 15) is 14.4 Å². The lowest BCUT2D eigenvalue weighted by molar-refractivity contribution is -0.131. The van der Waals surface area contributed by atoms with E-state index in [2.05, 4.69) is 15.6 Å². The number of halogens is 1. The molecule has 5 aromatic rings. The van der Waals surface area contributed by atoms with Crippen molar-refractivity contribution >= 4 is 34.1 Å². The third-order valence-corrected chi connectivity index (χ3v) is 8.21. The highest BCUT2D eigenvalue weighted by molar-refractivity contribution is 5.90. The Kier molecular flexibility index (Phi) is 8.43. The van der Waals surface area contributed by atoms with Crippen LogP contribution in [0.2, 0.25) is 0 Å². The highest BCUT2D eigenvalue weighted by Crippen LogP contribution is 2.35. The van der Waals surface area contributed by atoms with Gasteiger partial charge in [-0.15, -0.1) is 0 Å². The summed E-state index contributed by atoms with van der Waals surface area (Å²) in [6.07, 6.45) is 0.911. The summed E-state index contributed by atoms with van der Waals surface area (Å²) in [4.78, 5) is 43.9. The number of nitrogens with one attached hydrogen (secondary N) is 3. The number of aromatic amines is 1. The van der Waals surface area contributed by atoms with Gasteiger partial charge >= 0.3 is 6.09 Å². The molecular formula is C36H33FN4O5. The van der Waals surface area contributed by atoms with Gasteiger partial charge in [-0.25, -0.2) is 9.18 Å². The molecule has 3 heterocycles. The number of nitrogens with zero attached hydrogens (tertiary/aromatic N) is 1. The number of benzene rings is 4. The van der Waals surface area contributed by atoms with Crippen LogP contribution in [0.1, 0.15) is 35.6 Å². The van der Waals surface area contributed by atoms with Gasteiger partial charge < -0.3 is 24.7 Å². The minimum Gasteiger partial charge on any atom is -0.496 e. The number of aromatic nitrogens is 1.